The largest absolute Gasteiger partial charge is 0.264 e. The van der Waals surface area contributed by atoms with Crippen LogP contribution in [0.15, 0.2) is 30.3 Å². The Morgan fingerprint density at radius 1 is 1.38 bits per heavy atom. The summed E-state index contributed by atoms with van der Waals surface area (Å²) in [5.41, 5.74) is 0.770. The lowest BCUT2D eigenvalue weighted by Crippen LogP contribution is -2.10. The smallest absolute Gasteiger partial charge is 0.238 e. The molecule has 0 N–H and O–H groups in total. The van der Waals surface area contributed by atoms with Crippen molar-refractivity contribution in [3.8, 4) is 0 Å². The Hall–Kier alpha value is -0.900. The lowest BCUT2D eigenvalue weighted by Gasteiger charge is -2.06. The third-order valence-corrected chi connectivity index (χ3v) is 2.28. The normalized spacial score (nSPS) is 12.4. The van der Waals surface area contributed by atoms with Crippen LogP contribution < -0.4 is 0 Å². The van der Waals surface area contributed by atoms with Crippen molar-refractivity contribution in [3.05, 3.63) is 46.0 Å². The molecule has 0 aliphatic carbocycles. The second-order valence-electron chi connectivity index (χ2n) is 2.69. The second-order valence-corrected chi connectivity index (χ2v) is 3.48. The molecule has 0 aliphatic heterocycles. The molecule has 0 radical (unpaired) electrons. The van der Waals surface area contributed by atoms with E-state index >= 15 is 0 Å². The third kappa shape index (κ3) is 2.81. The minimum atomic E-state index is -0.583. The molecule has 4 heteroatoms. The van der Waals surface area contributed by atoms with Crippen molar-refractivity contribution in [2.45, 2.75) is 12.5 Å². The van der Waals surface area contributed by atoms with Gasteiger partial charge in [0.2, 0.25) is 6.04 Å². The van der Waals surface area contributed by atoms with Gasteiger partial charge in [0.25, 0.3) is 0 Å². The molecule has 3 nitrogen and oxygen atoms in total. The average Bonchev–Trinajstić information content (AvgIpc) is 2.15. The predicted octanol–water partition coefficient (Wildman–Crippen LogP) is 2.79. The van der Waals surface area contributed by atoms with E-state index in [2.05, 4.69) is 15.9 Å². The number of halogens is 1. The zero-order valence-electron chi connectivity index (χ0n) is 7.02. The fourth-order valence-corrected chi connectivity index (χ4v) is 1.61. The quantitative estimate of drug-likeness (QED) is 0.464. The Morgan fingerprint density at radius 2 is 2.00 bits per heavy atom. The highest BCUT2D eigenvalue weighted by Gasteiger charge is 2.20. The molecule has 0 saturated carbocycles. The molecule has 1 atom stereocenters. The summed E-state index contributed by atoms with van der Waals surface area (Å²) < 4.78 is 0. The van der Waals surface area contributed by atoms with Gasteiger partial charge in [-0.3, -0.25) is 10.1 Å². The van der Waals surface area contributed by atoms with Gasteiger partial charge in [0.05, 0.1) is 0 Å². The van der Waals surface area contributed by atoms with Crippen molar-refractivity contribution in [1.82, 2.24) is 0 Å². The highest BCUT2D eigenvalue weighted by Crippen LogP contribution is 2.20. The Balaban J connectivity index is 2.82. The molecule has 0 bridgehead atoms. The lowest BCUT2D eigenvalue weighted by molar-refractivity contribution is -0.529. The van der Waals surface area contributed by atoms with E-state index in [-0.39, 0.29) is 4.92 Å². The van der Waals surface area contributed by atoms with E-state index in [4.69, 9.17) is 0 Å². The zero-order valence-corrected chi connectivity index (χ0v) is 8.61. The van der Waals surface area contributed by atoms with Gasteiger partial charge in [-0.15, -0.1) is 0 Å². The summed E-state index contributed by atoms with van der Waals surface area (Å²) in [6.45, 7) is 0. The molecular formula is C9H10BrNO2. The second kappa shape index (κ2) is 4.97. The minimum absolute atomic E-state index is 0.239. The first kappa shape index (κ1) is 10.2. The number of rotatable bonds is 4. The van der Waals surface area contributed by atoms with Crippen molar-refractivity contribution in [2.75, 3.05) is 5.33 Å². The summed E-state index contributed by atoms with van der Waals surface area (Å²) in [5.74, 6) is 0. The summed E-state index contributed by atoms with van der Waals surface area (Å²) >= 11 is 3.21. The van der Waals surface area contributed by atoms with Crippen LogP contribution in [0.5, 0.6) is 0 Å². The van der Waals surface area contributed by atoms with Crippen LogP contribution in [0.1, 0.15) is 18.0 Å². The highest BCUT2D eigenvalue weighted by molar-refractivity contribution is 9.09. The number of benzene rings is 1. The molecular weight excluding hydrogens is 234 g/mol. The van der Waals surface area contributed by atoms with Crippen LogP contribution in [0, 0.1) is 10.1 Å². The van der Waals surface area contributed by atoms with Gasteiger partial charge in [-0.05, 0) is 0 Å². The Bertz CT molecular complexity index is 276. The molecule has 1 rings (SSSR count). The van der Waals surface area contributed by atoms with E-state index in [0.717, 1.165) is 5.56 Å². The average molecular weight is 244 g/mol. The van der Waals surface area contributed by atoms with E-state index < -0.39 is 6.04 Å². The molecule has 0 saturated heterocycles. The van der Waals surface area contributed by atoms with Crippen LogP contribution in [0.4, 0.5) is 0 Å². The third-order valence-electron chi connectivity index (χ3n) is 1.82. The number of hydrogen-bond donors (Lipinski definition) is 0. The maximum atomic E-state index is 10.7. The molecule has 0 amide bonds. The Morgan fingerprint density at radius 3 is 2.46 bits per heavy atom. The van der Waals surface area contributed by atoms with Crippen LogP contribution in [0.2, 0.25) is 0 Å². The van der Waals surface area contributed by atoms with E-state index in [0.29, 0.717) is 11.8 Å². The van der Waals surface area contributed by atoms with Crippen LogP contribution >= 0.6 is 15.9 Å². The van der Waals surface area contributed by atoms with Crippen molar-refractivity contribution in [3.63, 3.8) is 0 Å². The van der Waals surface area contributed by atoms with Gasteiger partial charge in [0.15, 0.2) is 0 Å². The van der Waals surface area contributed by atoms with Crippen LogP contribution in [-0.2, 0) is 0 Å². The molecule has 70 valence electrons. The fraction of sp³-hybridized carbons (Fsp3) is 0.333. The summed E-state index contributed by atoms with van der Waals surface area (Å²) in [6.07, 6.45) is 0.525. The Kier molecular flexibility index (Phi) is 3.89. The van der Waals surface area contributed by atoms with Gasteiger partial charge >= 0.3 is 0 Å². The monoisotopic (exact) mass is 243 g/mol. The van der Waals surface area contributed by atoms with Crippen LogP contribution in [-0.4, -0.2) is 10.3 Å². The molecule has 0 fully saturated rings. The highest BCUT2D eigenvalue weighted by atomic mass is 79.9. The van der Waals surface area contributed by atoms with Gasteiger partial charge in [-0.1, -0.05) is 46.3 Å². The van der Waals surface area contributed by atoms with Gasteiger partial charge in [0.1, 0.15) is 0 Å². The lowest BCUT2D eigenvalue weighted by atomic mass is 10.1. The van der Waals surface area contributed by atoms with E-state index in [1.54, 1.807) is 12.1 Å². The first-order chi connectivity index (χ1) is 6.25. The minimum Gasteiger partial charge on any atom is -0.264 e. The zero-order chi connectivity index (χ0) is 9.68. The molecule has 1 unspecified atom stereocenters. The van der Waals surface area contributed by atoms with Crippen LogP contribution in [0.3, 0.4) is 0 Å². The molecule has 0 heterocycles. The first-order valence-corrected chi connectivity index (χ1v) is 5.12. The van der Waals surface area contributed by atoms with Gasteiger partial charge < -0.3 is 0 Å². The van der Waals surface area contributed by atoms with E-state index in [9.17, 15) is 10.1 Å². The standard InChI is InChI=1S/C9H10BrNO2/c10-7-6-9(11(12)13)8-4-2-1-3-5-8/h1-5,9H,6-7H2. The van der Waals surface area contributed by atoms with E-state index in [1.807, 2.05) is 18.2 Å². The van der Waals surface area contributed by atoms with Gasteiger partial charge in [0, 0.05) is 22.2 Å². The maximum absolute atomic E-state index is 10.7. The maximum Gasteiger partial charge on any atom is 0.238 e. The summed E-state index contributed by atoms with van der Waals surface area (Å²) in [5, 5.41) is 11.3. The topological polar surface area (TPSA) is 43.1 Å². The Labute approximate surface area is 85.0 Å². The van der Waals surface area contributed by atoms with E-state index in [1.165, 1.54) is 0 Å². The van der Waals surface area contributed by atoms with Crippen molar-refractivity contribution in [2.24, 2.45) is 0 Å². The molecule has 1 aromatic rings. The molecule has 0 spiro atoms. The van der Waals surface area contributed by atoms with Gasteiger partial charge in [-0.2, -0.15) is 0 Å². The summed E-state index contributed by atoms with van der Waals surface area (Å²) in [6, 6.07) is 8.49. The molecule has 0 aliphatic rings. The number of nitro groups is 1. The predicted molar refractivity (Wildman–Crippen MR) is 54.6 cm³/mol. The SMILES string of the molecule is O=[N+]([O-])C(CCBr)c1ccccc1. The molecule has 0 aromatic heterocycles. The number of alkyl halides is 1. The summed E-state index contributed by atoms with van der Waals surface area (Å²) in [7, 11) is 0. The van der Waals surface area contributed by atoms with Crippen molar-refractivity contribution in [1.29, 1.82) is 0 Å². The van der Waals surface area contributed by atoms with Crippen molar-refractivity contribution >= 4 is 15.9 Å². The first-order valence-electron chi connectivity index (χ1n) is 4.00. The number of hydrogen-bond acceptors (Lipinski definition) is 2. The number of nitrogens with zero attached hydrogens (tertiary/aromatic N) is 1. The van der Waals surface area contributed by atoms with Crippen LogP contribution in [0.25, 0.3) is 0 Å². The molecule has 1 aromatic carbocycles. The fourth-order valence-electron chi connectivity index (χ4n) is 1.17. The summed E-state index contributed by atoms with van der Waals surface area (Å²) in [4.78, 5) is 10.4. The molecule has 13 heavy (non-hydrogen) atoms. The van der Waals surface area contributed by atoms with Gasteiger partial charge in [-0.25, -0.2) is 0 Å². The van der Waals surface area contributed by atoms with Crippen molar-refractivity contribution < 1.29 is 4.92 Å².